The van der Waals surface area contributed by atoms with Crippen molar-refractivity contribution in [3.63, 3.8) is 0 Å². The number of fused-ring (bicyclic) bond motifs is 1. The Hall–Kier alpha value is -2.78. The molecule has 0 spiro atoms. The van der Waals surface area contributed by atoms with Crippen LogP contribution in [0.15, 0.2) is 28.4 Å². The van der Waals surface area contributed by atoms with Crippen LogP contribution in [0.3, 0.4) is 0 Å². The number of aromatic amines is 1. The fraction of sp³-hybridized carbons (Fsp3) is 0.435. The smallest absolute Gasteiger partial charge is 0.287 e. The number of methoxy groups -OCH3 is 1. The molecule has 32 heavy (non-hydrogen) atoms. The van der Waals surface area contributed by atoms with Gasteiger partial charge in [-0.25, -0.2) is 9.37 Å². The van der Waals surface area contributed by atoms with Crippen molar-refractivity contribution in [2.75, 3.05) is 13.7 Å². The molecule has 3 aromatic rings. The van der Waals surface area contributed by atoms with Gasteiger partial charge in [0.25, 0.3) is 11.5 Å². The van der Waals surface area contributed by atoms with Crippen molar-refractivity contribution < 1.29 is 18.7 Å². The van der Waals surface area contributed by atoms with Gasteiger partial charge in [0.2, 0.25) is 5.82 Å². The molecule has 1 aliphatic carbocycles. The Balaban J connectivity index is 1.40. The van der Waals surface area contributed by atoms with Crippen LogP contribution < -0.4 is 15.6 Å². The first-order chi connectivity index (χ1) is 15.5. The van der Waals surface area contributed by atoms with E-state index >= 15 is 0 Å². The Kier molecular flexibility index (Phi) is 7.16. The Morgan fingerprint density at radius 1 is 1.31 bits per heavy atom. The van der Waals surface area contributed by atoms with Crippen molar-refractivity contribution >= 4 is 27.5 Å². The minimum absolute atomic E-state index is 0.0619. The molecule has 0 bridgehead atoms. The number of rotatable bonds is 8. The van der Waals surface area contributed by atoms with Gasteiger partial charge in [-0.2, -0.15) is 0 Å². The van der Waals surface area contributed by atoms with E-state index in [4.69, 9.17) is 9.47 Å². The van der Waals surface area contributed by atoms with Gasteiger partial charge < -0.3 is 19.8 Å². The summed E-state index contributed by atoms with van der Waals surface area (Å²) in [7, 11) is 1.38. The summed E-state index contributed by atoms with van der Waals surface area (Å²) in [5.41, 5.74) is 1.09. The van der Waals surface area contributed by atoms with E-state index in [1.54, 1.807) is 6.07 Å². The van der Waals surface area contributed by atoms with Crippen molar-refractivity contribution in [2.45, 2.75) is 45.3 Å². The number of carbonyl (C=O) groups excluding carboxylic acids is 1. The second-order valence-electron chi connectivity index (χ2n) is 8.03. The molecular formula is C23H26FN3O4S. The second kappa shape index (κ2) is 10.2. The van der Waals surface area contributed by atoms with Crippen molar-refractivity contribution in [3.05, 3.63) is 56.7 Å². The summed E-state index contributed by atoms with van der Waals surface area (Å²) >= 11 is 1.32. The fourth-order valence-corrected chi connectivity index (χ4v) is 4.92. The largest absolute Gasteiger partial charge is 0.494 e. The molecule has 2 aromatic heterocycles. The van der Waals surface area contributed by atoms with Crippen LogP contribution in [0.2, 0.25) is 0 Å². The van der Waals surface area contributed by atoms with Gasteiger partial charge in [-0.05, 0) is 41.8 Å². The first kappa shape index (κ1) is 22.4. The highest BCUT2D eigenvalue weighted by molar-refractivity contribution is 7.16. The molecule has 0 radical (unpaired) electrons. The minimum atomic E-state index is -0.518. The van der Waals surface area contributed by atoms with Crippen molar-refractivity contribution in [1.82, 2.24) is 15.3 Å². The zero-order valence-electron chi connectivity index (χ0n) is 17.9. The molecule has 2 heterocycles. The Labute approximate surface area is 189 Å². The third-order valence-corrected chi connectivity index (χ3v) is 6.66. The maximum Gasteiger partial charge on any atom is 0.287 e. The van der Waals surface area contributed by atoms with Gasteiger partial charge in [0.1, 0.15) is 4.83 Å². The highest BCUT2D eigenvalue weighted by Gasteiger charge is 2.17. The van der Waals surface area contributed by atoms with Gasteiger partial charge in [0.15, 0.2) is 11.6 Å². The number of H-pyrrole nitrogens is 1. The number of hydrogen-bond acceptors (Lipinski definition) is 6. The Bertz CT molecular complexity index is 1150. The predicted molar refractivity (Wildman–Crippen MR) is 121 cm³/mol. The van der Waals surface area contributed by atoms with Gasteiger partial charge in [-0.15, -0.1) is 11.3 Å². The summed E-state index contributed by atoms with van der Waals surface area (Å²) < 4.78 is 24.4. The molecule has 0 atom stereocenters. The molecule has 1 aromatic carbocycles. The molecule has 1 saturated carbocycles. The summed E-state index contributed by atoms with van der Waals surface area (Å²) in [6.45, 7) is 1.21. The third-order valence-electron chi connectivity index (χ3n) is 5.74. The number of ether oxygens (including phenoxy) is 2. The number of hydrogen-bond donors (Lipinski definition) is 2. The van der Waals surface area contributed by atoms with Crippen molar-refractivity contribution in [1.29, 1.82) is 0 Å². The molecule has 1 fully saturated rings. The molecule has 170 valence electrons. The number of nitrogens with zero attached hydrogens (tertiary/aromatic N) is 1. The highest BCUT2D eigenvalue weighted by atomic mass is 32.1. The molecule has 1 aliphatic rings. The predicted octanol–water partition coefficient (Wildman–Crippen LogP) is 4.16. The van der Waals surface area contributed by atoms with E-state index < -0.39 is 11.7 Å². The van der Waals surface area contributed by atoms with Gasteiger partial charge in [-0.3, -0.25) is 9.59 Å². The standard InChI is InChI=1S/C23H26FN3O4S/c1-30-18-9-15(7-8-17(18)24)10-25-22(29)20-26-21(28)19-16(13-32-23(19)27-20)12-31-11-14-5-3-2-4-6-14/h7-9,13-14H,2-6,10-12H2,1H3,(H,25,29)(H,26,27,28). The van der Waals surface area contributed by atoms with Crippen LogP contribution in [0.4, 0.5) is 4.39 Å². The van der Waals surface area contributed by atoms with E-state index in [1.807, 2.05) is 5.38 Å². The van der Waals surface area contributed by atoms with Crippen molar-refractivity contribution in [2.24, 2.45) is 5.92 Å². The molecule has 0 unspecified atom stereocenters. The molecule has 0 aliphatic heterocycles. The zero-order valence-corrected chi connectivity index (χ0v) is 18.7. The van der Waals surface area contributed by atoms with Crippen LogP contribution in [-0.4, -0.2) is 29.6 Å². The number of thiophene rings is 1. The number of halogens is 1. The van der Waals surface area contributed by atoms with E-state index in [0.29, 0.717) is 34.9 Å². The maximum atomic E-state index is 13.5. The lowest BCUT2D eigenvalue weighted by Gasteiger charge is -2.21. The summed E-state index contributed by atoms with van der Waals surface area (Å²) in [6, 6.07) is 4.33. The van der Waals surface area contributed by atoms with Crippen LogP contribution in [-0.2, 0) is 17.9 Å². The van der Waals surface area contributed by atoms with Gasteiger partial charge in [-0.1, -0.05) is 25.3 Å². The van der Waals surface area contributed by atoms with Crippen LogP contribution in [0.1, 0.15) is 53.8 Å². The first-order valence-corrected chi connectivity index (χ1v) is 11.6. The van der Waals surface area contributed by atoms with Gasteiger partial charge >= 0.3 is 0 Å². The first-order valence-electron chi connectivity index (χ1n) is 10.7. The molecule has 2 N–H and O–H groups in total. The average molecular weight is 460 g/mol. The molecule has 4 rings (SSSR count). The topological polar surface area (TPSA) is 93.3 Å². The summed E-state index contributed by atoms with van der Waals surface area (Å²) in [5.74, 6) is -0.359. The highest BCUT2D eigenvalue weighted by Crippen LogP contribution is 2.26. The van der Waals surface area contributed by atoms with E-state index in [0.717, 1.165) is 5.56 Å². The lowest BCUT2D eigenvalue weighted by Crippen LogP contribution is -2.27. The van der Waals surface area contributed by atoms with E-state index in [9.17, 15) is 14.0 Å². The molecule has 0 saturated heterocycles. The Morgan fingerprint density at radius 2 is 2.12 bits per heavy atom. The zero-order chi connectivity index (χ0) is 22.5. The van der Waals surface area contributed by atoms with Crippen LogP contribution in [0, 0.1) is 11.7 Å². The molecule has 7 nitrogen and oxygen atoms in total. The number of benzene rings is 1. The summed E-state index contributed by atoms with van der Waals surface area (Å²) in [4.78, 5) is 32.6. The second-order valence-corrected chi connectivity index (χ2v) is 8.88. The number of nitrogens with one attached hydrogen (secondary N) is 2. The monoisotopic (exact) mass is 459 g/mol. The number of carbonyl (C=O) groups is 1. The lowest BCUT2D eigenvalue weighted by atomic mass is 9.90. The molecule has 1 amide bonds. The summed E-state index contributed by atoms with van der Waals surface area (Å²) in [5, 5.41) is 5.02. The summed E-state index contributed by atoms with van der Waals surface area (Å²) in [6.07, 6.45) is 6.24. The normalized spacial score (nSPS) is 14.6. The van der Waals surface area contributed by atoms with E-state index in [1.165, 1.54) is 62.7 Å². The van der Waals surface area contributed by atoms with E-state index in [2.05, 4.69) is 15.3 Å². The third kappa shape index (κ3) is 5.16. The minimum Gasteiger partial charge on any atom is -0.494 e. The lowest BCUT2D eigenvalue weighted by molar-refractivity contribution is 0.0747. The van der Waals surface area contributed by atoms with Crippen LogP contribution >= 0.6 is 11.3 Å². The average Bonchev–Trinajstić information content (AvgIpc) is 3.22. The van der Waals surface area contributed by atoms with E-state index in [-0.39, 0.29) is 23.7 Å². The van der Waals surface area contributed by atoms with Crippen LogP contribution in [0.25, 0.3) is 10.2 Å². The number of amides is 1. The van der Waals surface area contributed by atoms with Gasteiger partial charge in [0.05, 0.1) is 19.1 Å². The quantitative estimate of drug-likeness (QED) is 0.528. The molecule has 9 heteroatoms. The molecular weight excluding hydrogens is 433 g/mol. The SMILES string of the molecule is COc1cc(CNC(=O)c2nc3scc(COCC4CCCCC4)c3c(=O)[nH]2)ccc1F. The maximum absolute atomic E-state index is 13.5. The fourth-order valence-electron chi connectivity index (χ4n) is 3.99. The van der Waals surface area contributed by atoms with Crippen LogP contribution in [0.5, 0.6) is 5.75 Å². The Morgan fingerprint density at radius 3 is 2.91 bits per heavy atom. The number of aromatic nitrogens is 2. The van der Waals surface area contributed by atoms with Gasteiger partial charge in [0, 0.05) is 18.7 Å². The van der Waals surface area contributed by atoms with Crippen molar-refractivity contribution in [3.8, 4) is 5.75 Å².